The number of hydrogen-bond acceptors (Lipinski definition) is 5. The van der Waals surface area contributed by atoms with E-state index in [2.05, 4.69) is 5.10 Å². The highest BCUT2D eigenvalue weighted by Gasteiger charge is 2.08. The number of nitrogens with zero attached hydrogens (tertiary/aromatic N) is 3. The Hall–Kier alpha value is -3.20. The van der Waals surface area contributed by atoms with E-state index in [1.165, 1.54) is 4.57 Å². The van der Waals surface area contributed by atoms with Crippen molar-refractivity contribution >= 4 is 15.9 Å². The average Bonchev–Trinajstić information content (AvgIpc) is 3.16. The van der Waals surface area contributed by atoms with Crippen LogP contribution in [0.25, 0.3) is 16.8 Å². The van der Waals surface area contributed by atoms with Crippen molar-refractivity contribution in [3.63, 3.8) is 0 Å². The summed E-state index contributed by atoms with van der Waals surface area (Å²) >= 11 is 0. The van der Waals surface area contributed by atoms with E-state index in [0.29, 0.717) is 13.0 Å². The number of rotatable bonds is 7. The molecule has 1 N–H and O–H groups in total. The van der Waals surface area contributed by atoms with Crippen LogP contribution in [0.5, 0.6) is 0 Å². The molecule has 0 saturated carbocycles. The van der Waals surface area contributed by atoms with Crippen LogP contribution in [0.2, 0.25) is 0 Å². The molecule has 1 aromatic carbocycles. The highest BCUT2D eigenvalue weighted by molar-refractivity contribution is 7.89. The Morgan fingerprint density at radius 3 is 2.46 bits per heavy atom. The lowest BCUT2D eigenvalue weighted by atomic mass is 10.1. The number of hydrogen-bond donors (Lipinski definition) is 1. The molecule has 2 heterocycles. The normalized spacial score (nSPS) is 11.3. The fourth-order valence-electron chi connectivity index (χ4n) is 2.77. The summed E-state index contributed by atoms with van der Waals surface area (Å²) in [6.45, 7) is 0.328. The van der Waals surface area contributed by atoms with Gasteiger partial charge in [0.05, 0.1) is 11.9 Å². The zero-order valence-corrected chi connectivity index (χ0v) is 16.1. The Morgan fingerprint density at radius 2 is 1.86 bits per heavy atom. The number of sulfonamides is 1. The minimum absolute atomic E-state index is 0.0240. The second-order valence-electron chi connectivity index (χ2n) is 6.35. The summed E-state index contributed by atoms with van der Waals surface area (Å²) in [5, 5.41) is 4.18. The molecule has 0 atom stereocenters. The first-order valence-corrected chi connectivity index (χ1v) is 10.5. The molecule has 0 unspecified atom stereocenters. The monoisotopic (exact) mass is 400 g/mol. The predicted molar refractivity (Wildman–Crippen MR) is 105 cm³/mol. The lowest BCUT2D eigenvalue weighted by Crippen LogP contribution is -2.29. The smallest absolute Gasteiger partial charge is 0.251 e. The zero-order chi connectivity index (χ0) is 20.1. The number of nitrogens with one attached hydrogen (secondary N) is 1. The Bertz CT molecular complexity index is 1120. The van der Waals surface area contributed by atoms with E-state index in [-0.39, 0.29) is 12.0 Å². The molecule has 9 heteroatoms. The van der Waals surface area contributed by atoms with Crippen LogP contribution >= 0.6 is 0 Å². The van der Waals surface area contributed by atoms with Gasteiger partial charge < -0.3 is 4.57 Å². The highest BCUT2D eigenvalue weighted by atomic mass is 32.2. The number of pyridine rings is 1. The number of amides is 1. The van der Waals surface area contributed by atoms with Gasteiger partial charge in [0.15, 0.2) is 0 Å². The summed E-state index contributed by atoms with van der Waals surface area (Å²) in [6, 6.07) is 12.9. The topological polar surface area (TPSA) is 103 Å². The molecule has 28 heavy (non-hydrogen) atoms. The van der Waals surface area contributed by atoms with Crippen molar-refractivity contribution in [2.45, 2.75) is 19.4 Å². The molecular weight excluding hydrogens is 380 g/mol. The van der Waals surface area contributed by atoms with Crippen LogP contribution in [0.15, 0.2) is 65.8 Å². The summed E-state index contributed by atoms with van der Waals surface area (Å²) in [5.74, 6) is -0.579. The first kappa shape index (κ1) is 19.6. The van der Waals surface area contributed by atoms with Crippen LogP contribution in [0.4, 0.5) is 0 Å². The van der Waals surface area contributed by atoms with Crippen LogP contribution in [-0.2, 0) is 21.4 Å². The van der Waals surface area contributed by atoms with Crippen molar-refractivity contribution < 1.29 is 13.2 Å². The summed E-state index contributed by atoms with van der Waals surface area (Å²) < 4.78 is 27.1. The van der Waals surface area contributed by atoms with Gasteiger partial charge in [-0.05, 0) is 41.8 Å². The molecule has 0 aliphatic rings. The third kappa shape index (κ3) is 5.17. The molecule has 0 aliphatic carbocycles. The largest absolute Gasteiger partial charge is 0.315 e. The Kier molecular flexibility index (Phi) is 5.74. The average molecular weight is 400 g/mol. The molecule has 0 bridgehead atoms. The number of aromatic nitrogens is 3. The molecular formula is C19H20N4O4S. The number of carbonyl (C=O) groups excluding carboxylic acids is 1. The summed E-state index contributed by atoms with van der Waals surface area (Å²) in [6.07, 6.45) is 6.54. The van der Waals surface area contributed by atoms with Crippen LogP contribution in [0, 0.1) is 0 Å². The Morgan fingerprint density at radius 1 is 1.11 bits per heavy atom. The quantitative estimate of drug-likeness (QED) is 0.648. The molecule has 0 spiro atoms. The van der Waals surface area contributed by atoms with Crippen molar-refractivity contribution in [3.05, 3.63) is 71.4 Å². The van der Waals surface area contributed by atoms with Gasteiger partial charge in [0.2, 0.25) is 15.9 Å². The van der Waals surface area contributed by atoms with Gasteiger partial charge in [0.25, 0.3) is 5.56 Å². The van der Waals surface area contributed by atoms with E-state index in [9.17, 15) is 18.0 Å². The molecule has 3 rings (SSSR count). The molecule has 3 aromatic rings. The molecule has 0 radical (unpaired) electrons. The highest BCUT2D eigenvalue weighted by Crippen LogP contribution is 2.19. The maximum absolute atomic E-state index is 12.3. The Labute approximate surface area is 162 Å². The SMILES string of the molecule is CS(=O)(=O)NC(=O)CCCn1ccc(-c2ccc(-n3cccn3)cc2)cc1=O. The van der Waals surface area contributed by atoms with Crippen molar-refractivity contribution in [2.75, 3.05) is 6.26 Å². The molecule has 146 valence electrons. The third-order valence-corrected chi connectivity index (χ3v) is 4.67. The lowest BCUT2D eigenvalue weighted by Gasteiger charge is -2.08. The van der Waals surface area contributed by atoms with Crippen molar-refractivity contribution in [3.8, 4) is 16.8 Å². The number of benzene rings is 1. The van der Waals surface area contributed by atoms with Gasteiger partial charge >= 0.3 is 0 Å². The van der Waals surface area contributed by atoms with E-state index < -0.39 is 15.9 Å². The molecule has 0 fully saturated rings. The van der Waals surface area contributed by atoms with Crippen molar-refractivity contribution in [1.82, 2.24) is 19.1 Å². The fourth-order valence-corrected chi connectivity index (χ4v) is 3.28. The van der Waals surface area contributed by atoms with Gasteiger partial charge in [-0.25, -0.2) is 13.1 Å². The van der Waals surface area contributed by atoms with Crippen molar-refractivity contribution in [2.24, 2.45) is 0 Å². The molecule has 1 amide bonds. The summed E-state index contributed by atoms with van der Waals surface area (Å²) in [4.78, 5) is 23.8. The van der Waals surface area contributed by atoms with E-state index >= 15 is 0 Å². The molecule has 0 saturated heterocycles. The lowest BCUT2D eigenvalue weighted by molar-refractivity contribution is -0.119. The second-order valence-corrected chi connectivity index (χ2v) is 8.09. The standard InChI is InChI=1S/C19H20N4O4S/c1-28(26,27)21-18(24)4-2-11-22-13-9-16(14-19(22)25)15-5-7-17(8-6-15)23-12-3-10-20-23/h3,5-10,12-14H,2,4,11H2,1H3,(H,21,24). The van der Waals surface area contributed by atoms with E-state index in [1.54, 1.807) is 23.1 Å². The van der Waals surface area contributed by atoms with E-state index in [1.807, 2.05) is 47.3 Å². The molecule has 0 aliphatic heterocycles. The van der Waals surface area contributed by atoms with E-state index in [0.717, 1.165) is 23.1 Å². The van der Waals surface area contributed by atoms with Crippen molar-refractivity contribution in [1.29, 1.82) is 0 Å². The predicted octanol–water partition coefficient (Wildman–Crippen LogP) is 1.56. The van der Waals surface area contributed by atoms with Gasteiger partial charge in [-0.15, -0.1) is 0 Å². The Balaban J connectivity index is 1.64. The first-order chi connectivity index (χ1) is 13.3. The maximum Gasteiger partial charge on any atom is 0.251 e. The second kappa shape index (κ2) is 8.22. The minimum atomic E-state index is -3.55. The van der Waals surface area contributed by atoms with E-state index in [4.69, 9.17) is 0 Å². The van der Waals surface area contributed by atoms with Gasteiger partial charge in [0.1, 0.15) is 0 Å². The number of carbonyl (C=O) groups is 1. The van der Waals surface area contributed by atoms with Gasteiger partial charge in [-0.3, -0.25) is 14.3 Å². The molecule has 8 nitrogen and oxygen atoms in total. The first-order valence-electron chi connectivity index (χ1n) is 8.63. The van der Waals surface area contributed by atoms with Crippen LogP contribution in [0.1, 0.15) is 12.8 Å². The van der Waals surface area contributed by atoms with Gasteiger partial charge in [-0.1, -0.05) is 12.1 Å². The van der Waals surface area contributed by atoms with Gasteiger partial charge in [0, 0.05) is 37.6 Å². The third-order valence-electron chi connectivity index (χ3n) is 4.07. The molecule has 2 aromatic heterocycles. The van der Waals surface area contributed by atoms with Crippen LogP contribution < -0.4 is 10.3 Å². The van der Waals surface area contributed by atoms with Crippen LogP contribution in [0.3, 0.4) is 0 Å². The summed E-state index contributed by atoms with van der Waals surface area (Å²) in [5.41, 5.74) is 2.45. The van der Waals surface area contributed by atoms with Gasteiger partial charge in [-0.2, -0.15) is 5.10 Å². The summed E-state index contributed by atoms with van der Waals surface area (Å²) in [7, 11) is -3.55. The maximum atomic E-state index is 12.3. The number of aryl methyl sites for hydroxylation is 1. The van der Waals surface area contributed by atoms with Crippen LogP contribution in [-0.4, -0.2) is 34.9 Å². The zero-order valence-electron chi connectivity index (χ0n) is 15.3. The fraction of sp³-hybridized carbons (Fsp3) is 0.211. The minimum Gasteiger partial charge on any atom is -0.315 e.